The van der Waals surface area contributed by atoms with Crippen LogP contribution >= 0.6 is 0 Å². The second kappa shape index (κ2) is 25.1. The minimum Gasteiger partial charge on any atom is -0.465 e. The predicted molar refractivity (Wildman–Crippen MR) is 164 cm³/mol. The number of ether oxygens (including phenoxy) is 2. The lowest BCUT2D eigenvalue weighted by Gasteiger charge is -2.16. The Morgan fingerprint density at radius 1 is 0.718 bits per heavy atom. The highest BCUT2D eigenvalue weighted by Crippen LogP contribution is 2.23. The fourth-order valence-electron chi connectivity index (χ4n) is 5.26. The van der Waals surface area contributed by atoms with Crippen molar-refractivity contribution in [1.29, 1.82) is 0 Å². The Balaban J connectivity index is 2.06. The van der Waals surface area contributed by atoms with Crippen LogP contribution in [0.2, 0.25) is 0 Å². The lowest BCUT2D eigenvalue weighted by Crippen LogP contribution is -2.12. The highest BCUT2D eigenvalue weighted by molar-refractivity contribution is 5.73. The molecule has 0 heterocycles. The number of hydrogen-bond acceptors (Lipinski definition) is 4. The molecule has 224 valence electrons. The molecule has 0 aromatic rings. The molecule has 0 aliphatic heterocycles. The molecule has 39 heavy (non-hydrogen) atoms. The van der Waals surface area contributed by atoms with E-state index in [9.17, 15) is 9.59 Å². The molecule has 0 unspecified atom stereocenters. The van der Waals surface area contributed by atoms with Crippen molar-refractivity contribution < 1.29 is 19.1 Å². The minimum atomic E-state index is -0.147. The SMILES string of the molecule is CCCCCCCCC=CCCCCCCCC(=O)OC1=CC=C(CC(=O)OCCC(CCC)CCC)CC1. The van der Waals surface area contributed by atoms with E-state index in [1.165, 1.54) is 96.3 Å². The van der Waals surface area contributed by atoms with Crippen LogP contribution in [0.1, 0.15) is 162 Å². The molecular formula is C35H60O4. The molecule has 1 aliphatic rings. The lowest BCUT2D eigenvalue weighted by atomic mass is 9.95. The zero-order valence-corrected chi connectivity index (χ0v) is 25.8. The normalized spacial score (nSPS) is 13.5. The molecule has 1 rings (SSSR count). The highest BCUT2D eigenvalue weighted by atomic mass is 16.5. The van der Waals surface area contributed by atoms with Crippen molar-refractivity contribution in [2.24, 2.45) is 5.92 Å². The number of carbonyl (C=O) groups excluding carboxylic acids is 2. The van der Waals surface area contributed by atoms with Crippen LogP contribution in [0.3, 0.4) is 0 Å². The molecule has 0 atom stereocenters. The molecule has 0 spiro atoms. The Kier molecular flexibility index (Phi) is 22.7. The van der Waals surface area contributed by atoms with Crippen LogP contribution in [0, 0.1) is 5.92 Å². The number of unbranched alkanes of at least 4 members (excludes halogenated alkanes) is 11. The van der Waals surface area contributed by atoms with E-state index >= 15 is 0 Å². The summed E-state index contributed by atoms with van der Waals surface area (Å²) in [6.07, 6.45) is 32.7. The van der Waals surface area contributed by atoms with Crippen molar-refractivity contribution in [3.05, 3.63) is 35.6 Å². The van der Waals surface area contributed by atoms with Gasteiger partial charge in [-0.15, -0.1) is 0 Å². The number of esters is 2. The Hall–Kier alpha value is -1.84. The summed E-state index contributed by atoms with van der Waals surface area (Å²) in [4.78, 5) is 24.4. The van der Waals surface area contributed by atoms with Gasteiger partial charge in [-0.2, -0.15) is 0 Å². The van der Waals surface area contributed by atoms with Gasteiger partial charge in [0.15, 0.2) is 0 Å². The van der Waals surface area contributed by atoms with Gasteiger partial charge in [0.05, 0.1) is 13.0 Å². The average Bonchev–Trinajstić information content (AvgIpc) is 2.92. The second-order valence-corrected chi connectivity index (χ2v) is 11.4. The van der Waals surface area contributed by atoms with E-state index in [-0.39, 0.29) is 11.9 Å². The maximum absolute atomic E-state index is 12.2. The molecule has 4 heteroatoms. The first-order valence-electron chi connectivity index (χ1n) is 16.5. The van der Waals surface area contributed by atoms with E-state index in [2.05, 4.69) is 32.9 Å². The topological polar surface area (TPSA) is 52.6 Å². The van der Waals surface area contributed by atoms with Crippen LogP contribution in [0.25, 0.3) is 0 Å². The van der Waals surface area contributed by atoms with Gasteiger partial charge in [0.25, 0.3) is 0 Å². The van der Waals surface area contributed by atoms with Crippen molar-refractivity contribution in [3.8, 4) is 0 Å². The summed E-state index contributed by atoms with van der Waals surface area (Å²) in [5.41, 5.74) is 1.05. The van der Waals surface area contributed by atoms with Crippen LogP contribution in [0.5, 0.6) is 0 Å². The van der Waals surface area contributed by atoms with Gasteiger partial charge in [-0.3, -0.25) is 9.59 Å². The van der Waals surface area contributed by atoms with E-state index in [1.807, 2.05) is 12.2 Å². The van der Waals surface area contributed by atoms with E-state index in [4.69, 9.17) is 9.47 Å². The molecule has 4 nitrogen and oxygen atoms in total. The monoisotopic (exact) mass is 544 g/mol. The fourth-order valence-corrected chi connectivity index (χ4v) is 5.26. The number of carbonyl (C=O) groups is 2. The summed E-state index contributed by atoms with van der Waals surface area (Å²) in [5.74, 6) is 1.09. The van der Waals surface area contributed by atoms with Crippen molar-refractivity contribution in [3.63, 3.8) is 0 Å². The van der Waals surface area contributed by atoms with Crippen molar-refractivity contribution in [2.75, 3.05) is 6.61 Å². The smallest absolute Gasteiger partial charge is 0.310 e. The quantitative estimate of drug-likeness (QED) is 0.0651. The Bertz CT molecular complexity index is 712. The Labute approximate surface area is 241 Å². The van der Waals surface area contributed by atoms with Gasteiger partial charge < -0.3 is 9.47 Å². The zero-order chi connectivity index (χ0) is 28.4. The van der Waals surface area contributed by atoms with Crippen LogP contribution < -0.4 is 0 Å². The van der Waals surface area contributed by atoms with Crippen LogP contribution in [-0.4, -0.2) is 18.5 Å². The van der Waals surface area contributed by atoms with E-state index < -0.39 is 0 Å². The van der Waals surface area contributed by atoms with Gasteiger partial charge in [0.2, 0.25) is 0 Å². The summed E-state index contributed by atoms with van der Waals surface area (Å²) in [6, 6.07) is 0. The summed E-state index contributed by atoms with van der Waals surface area (Å²) in [5, 5.41) is 0. The van der Waals surface area contributed by atoms with E-state index in [0.29, 0.717) is 37.5 Å². The van der Waals surface area contributed by atoms with Gasteiger partial charge in [-0.1, -0.05) is 122 Å². The van der Waals surface area contributed by atoms with Gasteiger partial charge in [0, 0.05) is 12.8 Å². The molecular weight excluding hydrogens is 484 g/mol. The Morgan fingerprint density at radius 2 is 1.33 bits per heavy atom. The first kappa shape index (κ1) is 35.2. The summed E-state index contributed by atoms with van der Waals surface area (Å²) >= 11 is 0. The molecule has 0 aromatic heterocycles. The Morgan fingerprint density at radius 3 is 1.92 bits per heavy atom. The van der Waals surface area contributed by atoms with Crippen molar-refractivity contribution in [2.45, 2.75) is 162 Å². The largest absolute Gasteiger partial charge is 0.465 e. The average molecular weight is 545 g/mol. The van der Waals surface area contributed by atoms with Crippen molar-refractivity contribution >= 4 is 11.9 Å². The molecule has 0 fully saturated rings. The predicted octanol–water partition coefficient (Wildman–Crippen LogP) is 10.7. The molecule has 0 saturated heterocycles. The minimum absolute atomic E-state index is 0.135. The van der Waals surface area contributed by atoms with Gasteiger partial charge >= 0.3 is 11.9 Å². The number of allylic oxidation sites excluding steroid dienone is 5. The summed E-state index contributed by atoms with van der Waals surface area (Å²) in [7, 11) is 0. The van der Waals surface area contributed by atoms with Gasteiger partial charge in [-0.05, 0) is 56.9 Å². The van der Waals surface area contributed by atoms with Crippen LogP contribution in [0.4, 0.5) is 0 Å². The first-order chi connectivity index (χ1) is 19.1. The maximum atomic E-state index is 12.2. The molecule has 0 amide bonds. The molecule has 0 saturated carbocycles. The van der Waals surface area contributed by atoms with Gasteiger partial charge in [-0.25, -0.2) is 0 Å². The molecule has 1 aliphatic carbocycles. The summed E-state index contributed by atoms with van der Waals surface area (Å²) in [6.45, 7) is 7.21. The van der Waals surface area contributed by atoms with Crippen LogP contribution in [-0.2, 0) is 19.1 Å². The first-order valence-corrected chi connectivity index (χ1v) is 16.5. The fraction of sp³-hybridized carbons (Fsp3) is 0.771. The van der Waals surface area contributed by atoms with Gasteiger partial charge in [0.1, 0.15) is 5.76 Å². The second-order valence-electron chi connectivity index (χ2n) is 11.4. The molecule has 0 N–H and O–H groups in total. The molecule has 0 aromatic carbocycles. The van der Waals surface area contributed by atoms with Crippen molar-refractivity contribution in [1.82, 2.24) is 0 Å². The summed E-state index contributed by atoms with van der Waals surface area (Å²) < 4.78 is 11.0. The number of rotatable bonds is 25. The number of hydrogen-bond donors (Lipinski definition) is 0. The molecule has 0 radical (unpaired) electrons. The zero-order valence-electron chi connectivity index (χ0n) is 25.8. The lowest BCUT2D eigenvalue weighted by molar-refractivity contribution is -0.143. The standard InChI is InChI=1S/C35H60O4/c1-4-7-8-9-10-11-12-13-14-15-16-17-18-19-20-23-34(36)39-33-26-24-32(25-27-33)30-35(37)38-29-28-31(21-5-2)22-6-3/h13-14,24,26,31H,4-12,15-23,25,27-30H2,1-3H3. The van der Waals surface area contributed by atoms with Crippen LogP contribution in [0.15, 0.2) is 35.6 Å². The maximum Gasteiger partial charge on any atom is 0.310 e. The van der Waals surface area contributed by atoms with E-state index in [0.717, 1.165) is 31.3 Å². The third-order valence-electron chi connectivity index (χ3n) is 7.64. The van der Waals surface area contributed by atoms with E-state index in [1.54, 1.807) is 0 Å². The molecule has 0 bridgehead atoms. The third kappa shape index (κ3) is 20.7. The highest BCUT2D eigenvalue weighted by Gasteiger charge is 2.15. The third-order valence-corrected chi connectivity index (χ3v) is 7.64.